The molecule has 3 nitrogen and oxygen atoms in total. The molecular weight excluding hydrogens is 325 g/mol. The molecule has 1 atom stereocenters. The topological polar surface area (TPSA) is 29.5 Å². The monoisotopic (exact) mass is 345 g/mol. The molecule has 0 radical (unpaired) electrons. The fraction of sp³-hybridized carbons (Fsp3) is 0.533. The highest BCUT2D eigenvalue weighted by Gasteiger charge is 2.24. The van der Waals surface area contributed by atoms with Gasteiger partial charge >= 0.3 is 5.97 Å². The van der Waals surface area contributed by atoms with E-state index in [1.165, 1.54) is 12.1 Å². The van der Waals surface area contributed by atoms with Crippen molar-refractivity contribution in [3.8, 4) is 0 Å². The van der Waals surface area contributed by atoms with E-state index >= 15 is 0 Å². The normalized spacial score (nSPS) is 12.5. The molecule has 5 heteroatoms. The summed E-state index contributed by atoms with van der Waals surface area (Å²) >= 11 is 3.38. The Morgan fingerprint density at radius 2 is 2.00 bits per heavy atom. The Balaban J connectivity index is 3.05. The van der Waals surface area contributed by atoms with Crippen LogP contribution in [0.5, 0.6) is 0 Å². The van der Waals surface area contributed by atoms with Crippen LogP contribution in [0.2, 0.25) is 0 Å². The molecule has 112 valence electrons. The molecule has 0 aromatic heterocycles. The van der Waals surface area contributed by atoms with Crippen LogP contribution in [0.3, 0.4) is 0 Å². The molecule has 0 saturated carbocycles. The minimum Gasteiger partial charge on any atom is -0.466 e. The number of benzene rings is 1. The van der Waals surface area contributed by atoms with Crippen molar-refractivity contribution in [1.82, 2.24) is 4.90 Å². The van der Waals surface area contributed by atoms with Gasteiger partial charge in [0.1, 0.15) is 5.82 Å². The van der Waals surface area contributed by atoms with Crippen molar-refractivity contribution >= 4 is 21.9 Å². The van der Waals surface area contributed by atoms with Gasteiger partial charge in [-0.05, 0) is 37.7 Å². The summed E-state index contributed by atoms with van der Waals surface area (Å²) in [5.41, 5.74) is 0.906. The van der Waals surface area contributed by atoms with E-state index in [-0.39, 0.29) is 24.2 Å². The number of nitrogens with zero attached hydrogens (tertiary/aromatic N) is 1. The van der Waals surface area contributed by atoms with Gasteiger partial charge in [0.15, 0.2) is 0 Å². The summed E-state index contributed by atoms with van der Waals surface area (Å²) in [6.07, 6.45) is 0.264. The molecule has 0 saturated heterocycles. The Bertz CT molecular complexity index is 449. The summed E-state index contributed by atoms with van der Waals surface area (Å²) in [4.78, 5) is 14.0. The number of hydrogen-bond donors (Lipinski definition) is 0. The van der Waals surface area contributed by atoms with Gasteiger partial charge in [-0.2, -0.15) is 0 Å². The van der Waals surface area contributed by atoms with Gasteiger partial charge in [0.25, 0.3) is 0 Å². The largest absolute Gasteiger partial charge is 0.466 e. The van der Waals surface area contributed by atoms with Crippen molar-refractivity contribution < 1.29 is 13.9 Å². The minimum absolute atomic E-state index is 0.112. The smallest absolute Gasteiger partial charge is 0.307 e. The van der Waals surface area contributed by atoms with Crippen molar-refractivity contribution in [3.05, 3.63) is 34.1 Å². The van der Waals surface area contributed by atoms with Gasteiger partial charge in [-0.3, -0.25) is 9.69 Å². The molecule has 1 aromatic rings. The highest BCUT2D eigenvalue weighted by atomic mass is 79.9. The Morgan fingerprint density at radius 3 is 2.50 bits per heavy atom. The van der Waals surface area contributed by atoms with Crippen LogP contribution in [0.1, 0.15) is 38.8 Å². The third-order valence-corrected chi connectivity index (χ3v) is 3.93. The average molecular weight is 346 g/mol. The lowest BCUT2D eigenvalue weighted by atomic mass is 10.0. The summed E-state index contributed by atoms with van der Waals surface area (Å²) in [6.45, 7) is 7.86. The molecule has 0 aliphatic heterocycles. The zero-order valence-electron chi connectivity index (χ0n) is 12.2. The number of ether oxygens (including phenoxy) is 1. The maximum atomic E-state index is 13.2. The van der Waals surface area contributed by atoms with E-state index in [1.807, 2.05) is 13.8 Å². The molecule has 0 heterocycles. The number of esters is 1. The zero-order valence-corrected chi connectivity index (χ0v) is 13.7. The summed E-state index contributed by atoms with van der Waals surface area (Å²) < 4.78 is 18.9. The van der Waals surface area contributed by atoms with Crippen LogP contribution in [0.4, 0.5) is 4.39 Å². The highest BCUT2D eigenvalue weighted by Crippen LogP contribution is 2.31. The standard InChI is InChI=1S/C15H21BrFNO2/c1-4-18(5-2)14(10-15(19)20-6-3)12-8-7-11(17)9-13(12)16/h7-9,14H,4-6,10H2,1-3H3. The zero-order chi connectivity index (χ0) is 15.1. The van der Waals surface area contributed by atoms with Crippen molar-refractivity contribution in [2.75, 3.05) is 19.7 Å². The molecule has 0 aliphatic rings. The molecule has 0 aliphatic carbocycles. The first-order valence-corrected chi connectivity index (χ1v) is 7.67. The van der Waals surface area contributed by atoms with Crippen molar-refractivity contribution in [2.24, 2.45) is 0 Å². The van der Waals surface area contributed by atoms with Crippen LogP contribution < -0.4 is 0 Å². The van der Waals surface area contributed by atoms with E-state index in [9.17, 15) is 9.18 Å². The quantitative estimate of drug-likeness (QED) is 0.701. The molecule has 20 heavy (non-hydrogen) atoms. The third-order valence-electron chi connectivity index (χ3n) is 3.24. The van der Waals surface area contributed by atoms with Crippen LogP contribution in [0.25, 0.3) is 0 Å². The molecule has 0 amide bonds. The fourth-order valence-electron chi connectivity index (χ4n) is 2.25. The Hall–Kier alpha value is -0.940. The van der Waals surface area contributed by atoms with Crippen LogP contribution in [0, 0.1) is 5.82 Å². The van der Waals surface area contributed by atoms with Crippen molar-refractivity contribution in [1.29, 1.82) is 0 Å². The van der Waals surface area contributed by atoms with Crippen molar-refractivity contribution in [3.63, 3.8) is 0 Å². The number of rotatable bonds is 7. The number of carbonyl (C=O) groups excluding carboxylic acids is 1. The predicted octanol–water partition coefficient (Wildman–Crippen LogP) is 3.92. The van der Waals surface area contributed by atoms with E-state index in [1.54, 1.807) is 13.0 Å². The first kappa shape index (κ1) is 17.1. The Kier molecular flexibility index (Phi) is 7.16. The van der Waals surface area contributed by atoms with E-state index in [2.05, 4.69) is 20.8 Å². The first-order valence-electron chi connectivity index (χ1n) is 6.88. The molecule has 0 spiro atoms. The molecule has 1 unspecified atom stereocenters. The second-order valence-corrected chi connectivity index (χ2v) is 5.27. The number of carbonyl (C=O) groups is 1. The third kappa shape index (κ3) is 4.56. The summed E-state index contributed by atoms with van der Waals surface area (Å²) in [5, 5.41) is 0. The molecule has 1 rings (SSSR count). The van der Waals surface area contributed by atoms with Crippen LogP contribution in [-0.4, -0.2) is 30.6 Å². The predicted molar refractivity (Wildman–Crippen MR) is 81.0 cm³/mol. The van der Waals surface area contributed by atoms with Gasteiger partial charge in [-0.25, -0.2) is 4.39 Å². The summed E-state index contributed by atoms with van der Waals surface area (Å²) in [5.74, 6) is -0.532. The van der Waals surface area contributed by atoms with Gasteiger partial charge in [-0.15, -0.1) is 0 Å². The van der Waals surface area contributed by atoms with E-state index in [0.717, 1.165) is 18.7 Å². The Labute approximate surface area is 128 Å². The van der Waals surface area contributed by atoms with Crippen LogP contribution in [0.15, 0.2) is 22.7 Å². The maximum absolute atomic E-state index is 13.2. The first-order chi connectivity index (χ1) is 9.53. The molecule has 0 fully saturated rings. The lowest BCUT2D eigenvalue weighted by Gasteiger charge is -2.30. The van der Waals surface area contributed by atoms with E-state index in [0.29, 0.717) is 11.1 Å². The molecule has 0 N–H and O–H groups in total. The lowest BCUT2D eigenvalue weighted by molar-refractivity contribution is -0.144. The minimum atomic E-state index is -0.296. The summed E-state index contributed by atoms with van der Waals surface area (Å²) in [7, 11) is 0. The molecular formula is C15H21BrFNO2. The van der Waals surface area contributed by atoms with Crippen LogP contribution in [-0.2, 0) is 9.53 Å². The Morgan fingerprint density at radius 1 is 1.35 bits per heavy atom. The number of halogens is 2. The average Bonchev–Trinajstić information content (AvgIpc) is 2.39. The van der Waals surface area contributed by atoms with Gasteiger partial charge < -0.3 is 4.74 Å². The van der Waals surface area contributed by atoms with E-state index in [4.69, 9.17) is 4.74 Å². The van der Waals surface area contributed by atoms with Gasteiger partial charge in [0.2, 0.25) is 0 Å². The molecule has 0 bridgehead atoms. The lowest BCUT2D eigenvalue weighted by Crippen LogP contribution is -2.31. The van der Waals surface area contributed by atoms with Gasteiger partial charge in [-0.1, -0.05) is 35.8 Å². The highest BCUT2D eigenvalue weighted by molar-refractivity contribution is 9.10. The van der Waals surface area contributed by atoms with Crippen LogP contribution >= 0.6 is 15.9 Å². The van der Waals surface area contributed by atoms with Gasteiger partial charge in [0, 0.05) is 10.5 Å². The summed E-state index contributed by atoms with van der Waals surface area (Å²) in [6, 6.07) is 4.46. The fourth-order valence-corrected chi connectivity index (χ4v) is 2.86. The second kappa shape index (κ2) is 8.37. The number of hydrogen-bond acceptors (Lipinski definition) is 3. The van der Waals surface area contributed by atoms with Gasteiger partial charge in [0.05, 0.1) is 13.0 Å². The van der Waals surface area contributed by atoms with Crippen molar-refractivity contribution in [2.45, 2.75) is 33.2 Å². The van der Waals surface area contributed by atoms with E-state index < -0.39 is 0 Å². The molecule has 1 aromatic carbocycles. The second-order valence-electron chi connectivity index (χ2n) is 4.41. The maximum Gasteiger partial charge on any atom is 0.307 e. The SMILES string of the molecule is CCOC(=O)CC(c1ccc(F)cc1Br)N(CC)CC.